The van der Waals surface area contributed by atoms with Gasteiger partial charge in [-0.3, -0.25) is 14.6 Å². The van der Waals surface area contributed by atoms with Gasteiger partial charge >= 0.3 is 0 Å². The Morgan fingerprint density at radius 3 is 2.54 bits per heavy atom. The summed E-state index contributed by atoms with van der Waals surface area (Å²) in [6.07, 6.45) is 3.89. The third-order valence-electron chi connectivity index (χ3n) is 4.26. The summed E-state index contributed by atoms with van der Waals surface area (Å²) in [5.74, 6) is -0.233. The van der Waals surface area contributed by atoms with Crippen molar-refractivity contribution in [1.82, 2.24) is 14.9 Å². The van der Waals surface area contributed by atoms with Crippen LogP contribution in [0.5, 0.6) is 0 Å². The topological polar surface area (TPSA) is 64.0 Å². The number of carbonyl (C=O) groups is 1. The molecule has 0 bridgehead atoms. The van der Waals surface area contributed by atoms with E-state index in [-0.39, 0.29) is 17.5 Å². The monoisotopic (exact) mass is 347 g/mol. The van der Waals surface area contributed by atoms with Crippen LogP contribution in [0.2, 0.25) is 0 Å². The van der Waals surface area contributed by atoms with E-state index in [2.05, 4.69) is 34.6 Å². The number of carbonyl (C=O) groups excluding carboxylic acids is 1. The van der Waals surface area contributed by atoms with Gasteiger partial charge in [0.25, 0.3) is 5.91 Å². The fraction of sp³-hybridized carbons (Fsp3) is 0.190. The number of rotatable bonds is 5. The molecule has 0 radical (unpaired) electrons. The maximum atomic E-state index is 12.7. The van der Waals surface area contributed by atoms with Crippen molar-refractivity contribution in [3.05, 3.63) is 99.7 Å². The van der Waals surface area contributed by atoms with Crippen molar-refractivity contribution in [3.8, 4) is 0 Å². The van der Waals surface area contributed by atoms with Crippen LogP contribution in [0.4, 0.5) is 0 Å². The van der Waals surface area contributed by atoms with Crippen LogP contribution < -0.4 is 10.9 Å². The highest BCUT2D eigenvalue weighted by molar-refractivity contribution is 5.94. The third kappa shape index (κ3) is 4.25. The molecule has 1 atom stereocenters. The first-order chi connectivity index (χ1) is 12.5. The summed E-state index contributed by atoms with van der Waals surface area (Å²) in [4.78, 5) is 28.6. The average Bonchev–Trinajstić information content (AvgIpc) is 2.66. The van der Waals surface area contributed by atoms with Gasteiger partial charge in [-0.2, -0.15) is 0 Å². The number of benzene rings is 1. The number of hydrogen-bond acceptors (Lipinski definition) is 3. The summed E-state index contributed by atoms with van der Waals surface area (Å²) < 4.78 is 1.39. The number of nitrogens with one attached hydrogen (secondary N) is 1. The Labute approximate surface area is 152 Å². The molecule has 132 valence electrons. The van der Waals surface area contributed by atoms with E-state index in [1.165, 1.54) is 16.2 Å². The molecular formula is C21H21N3O2. The van der Waals surface area contributed by atoms with Crippen molar-refractivity contribution in [2.24, 2.45) is 7.05 Å². The Morgan fingerprint density at radius 1 is 1.12 bits per heavy atom. The molecule has 26 heavy (non-hydrogen) atoms. The minimum atomic E-state index is -0.261. The summed E-state index contributed by atoms with van der Waals surface area (Å²) in [5, 5.41) is 3.04. The van der Waals surface area contributed by atoms with Crippen molar-refractivity contribution < 1.29 is 4.79 Å². The number of hydrogen-bond donors (Lipinski definition) is 1. The molecule has 0 fully saturated rings. The first-order valence-corrected chi connectivity index (χ1v) is 8.47. The smallest absolute Gasteiger partial charge is 0.253 e. The van der Waals surface area contributed by atoms with Gasteiger partial charge in [-0.1, -0.05) is 35.9 Å². The highest BCUT2D eigenvalue weighted by Gasteiger charge is 2.18. The van der Waals surface area contributed by atoms with E-state index in [0.717, 1.165) is 11.3 Å². The molecule has 3 rings (SSSR count). The van der Waals surface area contributed by atoms with Crippen LogP contribution in [0, 0.1) is 6.92 Å². The summed E-state index contributed by atoms with van der Waals surface area (Å²) in [6, 6.07) is 16.6. The SMILES string of the molecule is Cc1ccc(C[C@H](NC(=O)c2ccc(=O)n(C)c2)c2ccccn2)cc1. The average molecular weight is 347 g/mol. The van der Waals surface area contributed by atoms with Crippen molar-refractivity contribution in [2.75, 3.05) is 0 Å². The lowest BCUT2D eigenvalue weighted by Gasteiger charge is -2.19. The summed E-state index contributed by atoms with van der Waals surface area (Å²) in [7, 11) is 1.63. The van der Waals surface area contributed by atoms with Crippen LogP contribution in [0.1, 0.15) is 33.2 Å². The first kappa shape index (κ1) is 17.6. The van der Waals surface area contributed by atoms with Crippen LogP contribution in [0.3, 0.4) is 0 Å². The first-order valence-electron chi connectivity index (χ1n) is 8.47. The molecule has 0 unspecified atom stereocenters. The molecule has 1 aromatic carbocycles. The van der Waals surface area contributed by atoms with Crippen LogP contribution in [-0.4, -0.2) is 15.5 Å². The lowest BCUT2D eigenvalue weighted by atomic mass is 10.0. The molecule has 2 heterocycles. The highest BCUT2D eigenvalue weighted by atomic mass is 16.2. The molecule has 1 amide bonds. The zero-order valence-electron chi connectivity index (χ0n) is 14.8. The van der Waals surface area contributed by atoms with E-state index in [4.69, 9.17) is 0 Å². The zero-order valence-corrected chi connectivity index (χ0v) is 14.8. The van der Waals surface area contributed by atoms with Gasteiger partial charge in [0.15, 0.2) is 0 Å². The lowest BCUT2D eigenvalue weighted by Crippen LogP contribution is -2.31. The Morgan fingerprint density at radius 2 is 1.88 bits per heavy atom. The van der Waals surface area contributed by atoms with E-state index >= 15 is 0 Å². The lowest BCUT2D eigenvalue weighted by molar-refractivity contribution is 0.0935. The molecule has 5 heteroatoms. The van der Waals surface area contributed by atoms with E-state index < -0.39 is 0 Å². The van der Waals surface area contributed by atoms with Crippen molar-refractivity contribution >= 4 is 5.91 Å². The standard InChI is InChI=1S/C21H21N3O2/c1-15-6-8-16(9-7-15)13-19(18-5-3-4-12-22-18)23-21(26)17-10-11-20(25)24(2)14-17/h3-12,14,19H,13H2,1-2H3,(H,23,26)/t19-/m0/s1. The van der Waals surface area contributed by atoms with Gasteiger partial charge in [-0.25, -0.2) is 0 Å². The van der Waals surface area contributed by atoms with Crippen molar-refractivity contribution in [2.45, 2.75) is 19.4 Å². The largest absolute Gasteiger partial charge is 0.343 e. The summed E-state index contributed by atoms with van der Waals surface area (Å²) in [5.41, 5.74) is 3.40. The fourth-order valence-corrected chi connectivity index (χ4v) is 2.74. The number of aromatic nitrogens is 2. The number of nitrogens with zero attached hydrogens (tertiary/aromatic N) is 2. The Balaban J connectivity index is 1.85. The van der Waals surface area contributed by atoms with Crippen LogP contribution in [0.15, 0.2) is 71.8 Å². The third-order valence-corrected chi connectivity index (χ3v) is 4.26. The Bertz CT molecular complexity index is 947. The number of pyridine rings is 2. The van der Waals surface area contributed by atoms with Gasteiger partial charge in [0, 0.05) is 25.5 Å². The van der Waals surface area contributed by atoms with Gasteiger partial charge in [-0.15, -0.1) is 0 Å². The number of aryl methyl sites for hydroxylation is 2. The Hall–Kier alpha value is -3.21. The van der Waals surface area contributed by atoms with Crippen LogP contribution >= 0.6 is 0 Å². The zero-order chi connectivity index (χ0) is 18.5. The quantitative estimate of drug-likeness (QED) is 0.772. The predicted octanol–water partition coefficient (Wildman–Crippen LogP) is 2.80. The van der Waals surface area contributed by atoms with E-state index in [9.17, 15) is 9.59 Å². The van der Waals surface area contributed by atoms with E-state index in [1.807, 2.05) is 25.1 Å². The molecule has 3 aromatic rings. The molecule has 1 N–H and O–H groups in total. The molecule has 0 aliphatic heterocycles. The molecular weight excluding hydrogens is 326 g/mol. The van der Waals surface area contributed by atoms with Gasteiger partial charge in [0.1, 0.15) is 0 Å². The second kappa shape index (κ2) is 7.78. The summed E-state index contributed by atoms with van der Waals surface area (Å²) in [6.45, 7) is 2.04. The highest BCUT2D eigenvalue weighted by Crippen LogP contribution is 2.18. The molecule has 5 nitrogen and oxygen atoms in total. The fourth-order valence-electron chi connectivity index (χ4n) is 2.74. The maximum Gasteiger partial charge on any atom is 0.253 e. The molecule has 2 aromatic heterocycles. The molecule has 0 saturated carbocycles. The van der Waals surface area contributed by atoms with E-state index in [0.29, 0.717) is 12.0 Å². The normalized spacial score (nSPS) is 11.8. The minimum absolute atomic E-state index is 0.150. The predicted molar refractivity (Wildman–Crippen MR) is 101 cm³/mol. The van der Waals surface area contributed by atoms with Gasteiger partial charge in [-0.05, 0) is 37.1 Å². The summed E-state index contributed by atoms with van der Waals surface area (Å²) >= 11 is 0. The molecule has 0 saturated heterocycles. The van der Waals surface area contributed by atoms with Gasteiger partial charge < -0.3 is 9.88 Å². The number of amides is 1. The van der Waals surface area contributed by atoms with E-state index in [1.54, 1.807) is 25.5 Å². The molecule has 0 aliphatic carbocycles. The Kier molecular flexibility index (Phi) is 5.27. The second-order valence-corrected chi connectivity index (χ2v) is 6.34. The second-order valence-electron chi connectivity index (χ2n) is 6.34. The van der Waals surface area contributed by atoms with Gasteiger partial charge in [0.2, 0.25) is 5.56 Å². The molecule has 0 spiro atoms. The van der Waals surface area contributed by atoms with Crippen LogP contribution in [-0.2, 0) is 13.5 Å². The van der Waals surface area contributed by atoms with Crippen LogP contribution in [0.25, 0.3) is 0 Å². The van der Waals surface area contributed by atoms with Crippen molar-refractivity contribution in [1.29, 1.82) is 0 Å². The minimum Gasteiger partial charge on any atom is -0.343 e. The van der Waals surface area contributed by atoms with Crippen molar-refractivity contribution in [3.63, 3.8) is 0 Å². The maximum absolute atomic E-state index is 12.7. The van der Waals surface area contributed by atoms with Gasteiger partial charge in [0.05, 0.1) is 17.3 Å². The molecule has 0 aliphatic rings.